The second-order valence-corrected chi connectivity index (χ2v) is 7.80. The topological polar surface area (TPSA) is 74.7 Å². The molecule has 2 aliphatic heterocycles. The molecule has 2 fully saturated rings. The fourth-order valence-corrected chi connectivity index (χ4v) is 4.92. The molecule has 2 heterocycles. The fraction of sp³-hybridized carbons (Fsp3) is 0.917. The number of likely N-dealkylation sites (tertiary alicyclic amines) is 1. The van der Waals surface area contributed by atoms with Gasteiger partial charge in [-0.05, 0) is 32.2 Å². The zero-order valence-corrected chi connectivity index (χ0v) is 11.6. The maximum absolute atomic E-state index is 11.5. The molecule has 18 heavy (non-hydrogen) atoms. The van der Waals surface area contributed by atoms with Crippen molar-refractivity contribution in [2.24, 2.45) is 5.41 Å². The Labute approximate surface area is 108 Å². The molecule has 104 valence electrons. The summed E-state index contributed by atoms with van der Waals surface area (Å²) in [6.45, 7) is 3.23. The Bertz CT molecular complexity index is 433. The van der Waals surface area contributed by atoms with Crippen molar-refractivity contribution in [2.45, 2.75) is 38.6 Å². The van der Waals surface area contributed by atoms with Crippen molar-refractivity contribution in [1.82, 2.24) is 4.90 Å². The molecule has 0 saturated carbocycles. The Hall–Kier alpha value is -0.620. The van der Waals surface area contributed by atoms with Crippen molar-refractivity contribution < 1.29 is 18.3 Å². The van der Waals surface area contributed by atoms with Gasteiger partial charge in [-0.2, -0.15) is 0 Å². The molecule has 2 saturated heterocycles. The van der Waals surface area contributed by atoms with Crippen LogP contribution >= 0.6 is 0 Å². The van der Waals surface area contributed by atoms with Gasteiger partial charge < -0.3 is 5.11 Å². The molecule has 1 N–H and O–H groups in total. The van der Waals surface area contributed by atoms with Crippen LogP contribution in [0.1, 0.15) is 32.6 Å². The first-order chi connectivity index (χ1) is 8.38. The van der Waals surface area contributed by atoms with Gasteiger partial charge in [0, 0.05) is 12.6 Å². The van der Waals surface area contributed by atoms with Gasteiger partial charge in [0.05, 0.1) is 16.9 Å². The number of hydrogen-bond acceptors (Lipinski definition) is 4. The molecule has 0 aliphatic carbocycles. The Morgan fingerprint density at radius 2 is 2.22 bits per heavy atom. The summed E-state index contributed by atoms with van der Waals surface area (Å²) in [4.78, 5) is 13.5. The molecule has 0 aromatic heterocycles. The van der Waals surface area contributed by atoms with E-state index in [4.69, 9.17) is 0 Å². The third-order valence-electron chi connectivity index (χ3n) is 4.46. The number of carbonyl (C=O) groups is 1. The van der Waals surface area contributed by atoms with Gasteiger partial charge >= 0.3 is 5.97 Å². The summed E-state index contributed by atoms with van der Waals surface area (Å²) in [5.74, 6) is -0.289. The van der Waals surface area contributed by atoms with E-state index in [1.165, 1.54) is 0 Å². The Kier molecular flexibility index (Phi) is 3.69. The van der Waals surface area contributed by atoms with Crippen LogP contribution in [0.15, 0.2) is 0 Å². The third kappa shape index (κ3) is 2.54. The van der Waals surface area contributed by atoms with Gasteiger partial charge in [0.2, 0.25) is 0 Å². The fourth-order valence-electron chi connectivity index (χ4n) is 3.16. The molecule has 2 rings (SSSR count). The number of rotatable bonds is 3. The number of sulfone groups is 1. The summed E-state index contributed by atoms with van der Waals surface area (Å²) in [5, 5.41) is 9.41. The number of nitrogens with zero attached hydrogens (tertiary/aromatic N) is 1. The highest BCUT2D eigenvalue weighted by Crippen LogP contribution is 2.35. The molecule has 0 spiro atoms. The van der Waals surface area contributed by atoms with E-state index in [2.05, 4.69) is 4.90 Å². The average molecular weight is 275 g/mol. The number of hydrogen-bond donors (Lipinski definition) is 1. The van der Waals surface area contributed by atoms with Crippen molar-refractivity contribution in [3.8, 4) is 0 Å². The highest BCUT2D eigenvalue weighted by molar-refractivity contribution is 7.91. The van der Waals surface area contributed by atoms with Gasteiger partial charge in [0.25, 0.3) is 0 Å². The van der Waals surface area contributed by atoms with Crippen molar-refractivity contribution in [3.63, 3.8) is 0 Å². The SMILES string of the molecule is CCC1(C(=O)O)CCCN(C2CCS(=O)(=O)C2)C1. The van der Waals surface area contributed by atoms with Crippen molar-refractivity contribution in [3.05, 3.63) is 0 Å². The van der Waals surface area contributed by atoms with Crippen LogP contribution in [-0.2, 0) is 14.6 Å². The Morgan fingerprint density at radius 3 is 2.72 bits per heavy atom. The van der Waals surface area contributed by atoms with Gasteiger partial charge in [0.15, 0.2) is 9.84 Å². The number of aliphatic carboxylic acids is 1. The first-order valence-electron chi connectivity index (χ1n) is 6.56. The summed E-state index contributed by atoms with van der Waals surface area (Å²) >= 11 is 0. The number of piperidine rings is 1. The predicted octanol–water partition coefficient (Wildman–Crippen LogP) is 0.750. The normalized spacial score (nSPS) is 36.6. The van der Waals surface area contributed by atoms with Crippen molar-refractivity contribution in [2.75, 3.05) is 24.6 Å². The summed E-state index contributed by atoms with van der Waals surface area (Å²) in [6.07, 6.45) is 2.81. The minimum absolute atomic E-state index is 0.0283. The molecule has 2 aliphatic rings. The average Bonchev–Trinajstić information content (AvgIpc) is 2.69. The summed E-state index contributed by atoms with van der Waals surface area (Å²) in [5.41, 5.74) is -0.676. The smallest absolute Gasteiger partial charge is 0.310 e. The molecule has 2 atom stereocenters. The molecule has 2 unspecified atom stereocenters. The Balaban J connectivity index is 2.10. The second-order valence-electron chi connectivity index (χ2n) is 5.57. The van der Waals surface area contributed by atoms with E-state index in [0.29, 0.717) is 25.8 Å². The van der Waals surface area contributed by atoms with Crippen LogP contribution in [0.5, 0.6) is 0 Å². The van der Waals surface area contributed by atoms with E-state index >= 15 is 0 Å². The predicted molar refractivity (Wildman–Crippen MR) is 68.2 cm³/mol. The summed E-state index contributed by atoms with van der Waals surface area (Å²) < 4.78 is 23.0. The van der Waals surface area contributed by atoms with E-state index in [0.717, 1.165) is 13.0 Å². The van der Waals surface area contributed by atoms with E-state index in [-0.39, 0.29) is 17.5 Å². The van der Waals surface area contributed by atoms with Crippen LogP contribution in [0.2, 0.25) is 0 Å². The van der Waals surface area contributed by atoms with Gasteiger partial charge in [-0.1, -0.05) is 6.92 Å². The molecule has 5 nitrogen and oxygen atoms in total. The molecular formula is C12H21NO4S. The standard InChI is InChI=1S/C12H21NO4S/c1-2-12(11(14)15)5-3-6-13(9-12)10-4-7-18(16,17)8-10/h10H,2-9H2,1H3,(H,14,15). The number of carboxylic acid groups (broad SMARTS) is 1. The van der Waals surface area contributed by atoms with E-state index in [1.54, 1.807) is 0 Å². The molecular weight excluding hydrogens is 254 g/mol. The quantitative estimate of drug-likeness (QED) is 0.822. The van der Waals surface area contributed by atoms with Crippen LogP contribution in [0.25, 0.3) is 0 Å². The zero-order chi connectivity index (χ0) is 13.4. The van der Waals surface area contributed by atoms with Crippen LogP contribution in [0.4, 0.5) is 0 Å². The summed E-state index contributed by atoms with van der Waals surface area (Å²) in [7, 11) is -2.90. The molecule has 0 radical (unpaired) electrons. The van der Waals surface area contributed by atoms with Gasteiger partial charge in [-0.25, -0.2) is 8.42 Å². The van der Waals surface area contributed by atoms with E-state index in [9.17, 15) is 18.3 Å². The maximum atomic E-state index is 11.5. The van der Waals surface area contributed by atoms with Crippen molar-refractivity contribution >= 4 is 15.8 Å². The first-order valence-corrected chi connectivity index (χ1v) is 8.38. The maximum Gasteiger partial charge on any atom is 0.310 e. The lowest BCUT2D eigenvalue weighted by atomic mass is 9.77. The van der Waals surface area contributed by atoms with Gasteiger partial charge in [-0.3, -0.25) is 9.69 Å². The van der Waals surface area contributed by atoms with Crippen molar-refractivity contribution in [1.29, 1.82) is 0 Å². The lowest BCUT2D eigenvalue weighted by molar-refractivity contribution is -0.153. The molecule has 0 aromatic carbocycles. The van der Waals surface area contributed by atoms with Gasteiger partial charge in [0.1, 0.15) is 0 Å². The first kappa shape index (κ1) is 13.8. The highest BCUT2D eigenvalue weighted by atomic mass is 32.2. The molecule has 6 heteroatoms. The lowest BCUT2D eigenvalue weighted by Crippen LogP contribution is -2.51. The largest absolute Gasteiger partial charge is 0.481 e. The van der Waals surface area contributed by atoms with Crippen LogP contribution < -0.4 is 0 Å². The Morgan fingerprint density at radius 1 is 1.50 bits per heavy atom. The molecule has 0 aromatic rings. The lowest BCUT2D eigenvalue weighted by Gasteiger charge is -2.41. The van der Waals surface area contributed by atoms with E-state index < -0.39 is 21.2 Å². The minimum atomic E-state index is -2.90. The monoisotopic (exact) mass is 275 g/mol. The highest BCUT2D eigenvalue weighted by Gasteiger charge is 2.44. The third-order valence-corrected chi connectivity index (χ3v) is 6.21. The summed E-state index contributed by atoms with van der Waals surface area (Å²) in [6, 6.07) is 0.0283. The van der Waals surface area contributed by atoms with Crippen LogP contribution in [-0.4, -0.2) is 55.0 Å². The van der Waals surface area contributed by atoms with Crippen LogP contribution in [0, 0.1) is 5.41 Å². The van der Waals surface area contributed by atoms with Gasteiger partial charge in [-0.15, -0.1) is 0 Å². The van der Waals surface area contributed by atoms with Crippen LogP contribution in [0.3, 0.4) is 0 Å². The second kappa shape index (κ2) is 4.81. The minimum Gasteiger partial charge on any atom is -0.481 e. The zero-order valence-electron chi connectivity index (χ0n) is 10.8. The number of carboxylic acids is 1. The molecule has 0 bridgehead atoms. The molecule has 0 amide bonds. The van der Waals surface area contributed by atoms with E-state index in [1.807, 2.05) is 6.92 Å².